The third-order valence-corrected chi connectivity index (χ3v) is 5.44. The number of nitrogens with one attached hydrogen (secondary N) is 1. The lowest BCUT2D eigenvalue weighted by atomic mass is 10.1. The Labute approximate surface area is 171 Å². The van der Waals surface area contributed by atoms with E-state index in [2.05, 4.69) is 53.2 Å². The first-order chi connectivity index (χ1) is 14.1. The standard InChI is InChI=1S/C23H26N4O2/c1-16-7-6-8-18(13-16)27-12-11-26(15-17(27)2)23(28)21-14-20(24-25-21)19-9-4-5-10-22(19)29-3/h4-10,13-14,17H,11-12,15H2,1-3H3,(H,24,25)/t17-/m0/s1. The first-order valence-electron chi connectivity index (χ1n) is 9.88. The molecule has 1 aliphatic rings. The van der Waals surface area contributed by atoms with E-state index < -0.39 is 0 Å². The molecule has 1 N–H and O–H groups in total. The lowest BCUT2D eigenvalue weighted by molar-refractivity contribution is 0.0720. The van der Waals surface area contributed by atoms with E-state index in [9.17, 15) is 4.79 Å². The Hall–Kier alpha value is -3.28. The number of aromatic nitrogens is 2. The highest BCUT2D eigenvalue weighted by Gasteiger charge is 2.28. The van der Waals surface area contributed by atoms with Crippen LogP contribution in [0.3, 0.4) is 0 Å². The summed E-state index contributed by atoms with van der Waals surface area (Å²) in [6.07, 6.45) is 0. The van der Waals surface area contributed by atoms with Gasteiger partial charge in [0.2, 0.25) is 0 Å². The van der Waals surface area contributed by atoms with Crippen molar-refractivity contribution in [2.75, 3.05) is 31.6 Å². The van der Waals surface area contributed by atoms with Gasteiger partial charge in [0, 0.05) is 36.9 Å². The van der Waals surface area contributed by atoms with Crippen molar-refractivity contribution >= 4 is 11.6 Å². The Balaban J connectivity index is 1.48. The molecule has 6 nitrogen and oxygen atoms in total. The fourth-order valence-electron chi connectivity index (χ4n) is 3.93. The number of hydrogen-bond donors (Lipinski definition) is 1. The second-order valence-corrected chi connectivity index (χ2v) is 7.50. The maximum Gasteiger partial charge on any atom is 0.272 e. The highest BCUT2D eigenvalue weighted by Crippen LogP contribution is 2.29. The molecule has 29 heavy (non-hydrogen) atoms. The molecule has 1 saturated heterocycles. The Morgan fingerprint density at radius 3 is 2.72 bits per heavy atom. The van der Waals surface area contributed by atoms with Gasteiger partial charge in [-0.1, -0.05) is 24.3 Å². The zero-order valence-electron chi connectivity index (χ0n) is 17.1. The quantitative estimate of drug-likeness (QED) is 0.737. The van der Waals surface area contributed by atoms with Gasteiger partial charge in [0.25, 0.3) is 5.91 Å². The van der Waals surface area contributed by atoms with Crippen LogP contribution in [0.1, 0.15) is 23.0 Å². The number of carbonyl (C=O) groups excluding carboxylic acids is 1. The number of benzene rings is 2. The summed E-state index contributed by atoms with van der Waals surface area (Å²) in [6.45, 7) is 6.43. The molecule has 0 bridgehead atoms. The van der Waals surface area contributed by atoms with Crippen LogP contribution in [-0.4, -0.2) is 53.8 Å². The molecule has 2 heterocycles. The third kappa shape index (κ3) is 3.83. The molecule has 3 aromatic rings. The van der Waals surface area contributed by atoms with Crippen LogP contribution in [-0.2, 0) is 0 Å². The Kier molecular flexibility index (Phi) is 5.25. The van der Waals surface area contributed by atoms with E-state index in [-0.39, 0.29) is 11.9 Å². The van der Waals surface area contributed by atoms with Crippen molar-refractivity contribution in [3.63, 3.8) is 0 Å². The zero-order chi connectivity index (χ0) is 20.4. The molecule has 1 aromatic heterocycles. The number of amides is 1. The molecule has 1 aliphatic heterocycles. The van der Waals surface area contributed by atoms with Crippen LogP contribution in [0.25, 0.3) is 11.3 Å². The second-order valence-electron chi connectivity index (χ2n) is 7.50. The van der Waals surface area contributed by atoms with E-state index in [0.717, 1.165) is 17.9 Å². The predicted octanol–water partition coefficient (Wildman–Crippen LogP) is 3.74. The first kappa shape index (κ1) is 19.1. The largest absolute Gasteiger partial charge is 0.496 e. The highest BCUT2D eigenvalue weighted by atomic mass is 16.5. The van der Waals surface area contributed by atoms with Crippen LogP contribution in [0.2, 0.25) is 0 Å². The van der Waals surface area contributed by atoms with Crippen molar-refractivity contribution in [2.45, 2.75) is 19.9 Å². The molecule has 0 radical (unpaired) electrons. The molecular weight excluding hydrogens is 364 g/mol. The molecule has 1 fully saturated rings. The molecule has 150 valence electrons. The zero-order valence-corrected chi connectivity index (χ0v) is 17.1. The van der Waals surface area contributed by atoms with Crippen molar-refractivity contribution in [3.05, 3.63) is 65.9 Å². The third-order valence-electron chi connectivity index (χ3n) is 5.44. The fourth-order valence-corrected chi connectivity index (χ4v) is 3.93. The summed E-state index contributed by atoms with van der Waals surface area (Å²) < 4.78 is 5.41. The van der Waals surface area contributed by atoms with Gasteiger partial charge < -0.3 is 14.5 Å². The predicted molar refractivity (Wildman–Crippen MR) is 114 cm³/mol. The van der Waals surface area contributed by atoms with Crippen molar-refractivity contribution in [2.24, 2.45) is 0 Å². The Bertz CT molecular complexity index is 1010. The summed E-state index contributed by atoms with van der Waals surface area (Å²) in [5, 5.41) is 7.25. The van der Waals surface area contributed by atoms with Crippen LogP contribution in [0.5, 0.6) is 5.75 Å². The molecule has 6 heteroatoms. The van der Waals surface area contributed by atoms with Gasteiger partial charge >= 0.3 is 0 Å². The number of anilines is 1. The van der Waals surface area contributed by atoms with Gasteiger partial charge in [-0.3, -0.25) is 9.89 Å². The van der Waals surface area contributed by atoms with E-state index >= 15 is 0 Å². The molecule has 4 rings (SSSR count). The number of aromatic amines is 1. The minimum Gasteiger partial charge on any atom is -0.496 e. The van der Waals surface area contributed by atoms with Crippen molar-refractivity contribution in [1.29, 1.82) is 0 Å². The minimum atomic E-state index is -0.0191. The number of H-pyrrole nitrogens is 1. The molecule has 2 aromatic carbocycles. The number of hydrogen-bond acceptors (Lipinski definition) is 4. The molecule has 1 atom stereocenters. The highest BCUT2D eigenvalue weighted by molar-refractivity contribution is 5.93. The summed E-state index contributed by atoms with van der Waals surface area (Å²) in [4.78, 5) is 17.3. The number of methoxy groups -OCH3 is 1. The number of carbonyl (C=O) groups is 1. The van der Waals surface area contributed by atoms with E-state index in [0.29, 0.717) is 24.5 Å². The number of piperazine rings is 1. The molecule has 0 unspecified atom stereocenters. The van der Waals surface area contributed by atoms with Crippen LogP contribution < -0.4 is 9.64 Å². The van der Waals surface area contributed by atoms with Gasteiger partial charge in [-0.2, -0.15) is 5.10 Å². The van der Waals surface area contributed by atoms with Crippen LogP contribution in [0.4, 0.5) is 5.69 Å². The van der Waals surface area contributed by atoms with Crippen molar-refractivity contribution in [3.8, 4) is 17.0 Å². The molecule has 0 saturated carbocycles. The lowest BCUT2D eigenvalue weighted by Crippen LogP contribution is -2.53. The SMILES string of the molecule is COc1ccccc1-c1cc(C(=O)N2CCN(c3cccc(C)c3)[C@@H](C)C2)[nH]n1. The summed E-state index contributed by atoms with van der Waals surface area (Å²) >= 11 is 0. The van der Waals surface area contributed by atoms with Crippen molar-refractivity contribution < 1.29 is 9.53 Å². The van der Waals surface area contributed by atoms with Gasteiger partial charge in [-0.25, -0.2) is 0 Å². The number of aryl methyl sites for hydroxylation is 1. The van der Waals surface area contributed by atoms with Crippen LogP contribution >= 0.6 is 0 Å². The van der Waals surface area contributed by atoms with Gasteiger partial charge in [0.1, 0.15) is 11.4 Å². The number of nitrogens with zero attached hydrogens (tertiary/aromatic N) is 3. The number of ether oxygens (including phenoxy) is 1. The Morgan fingerprint density at radius 1 is 1.14 bits per heavy atom. The summed E-state index contributed by atoms with van der Waals surface area (Å²) in [5.41, 5.74) is 4.53. The van der Waals surface area contributed by atoms with E-state index in [4.69, 9.17) is 4.74 Å². The average molecular weight is 390 g/mol. The monoisotopic (exact) mass is 390 g/mol. The van der Waals surface area contributed by atoms with Crippen LogP contribution in [0.15, 0.2) is 54.6 Å². The van der Waals surface area contributed by atoms with E-state index in [1.54, 1.807) is 13.2 Å². The van der Waals surface area contributed by atoms with Gasteiger partial charge in [-0.05, 0) is 49.7 Å². The normalized spacial score (nSPS) is 16.7. The summed E-state index contributed by atoms with van der Waals surface area (Å²) in [7, 11) is 1.63. The van der Waals surface area contributed by atoms with Gasteiger partial charge in [0.05, 0.1) is 12.8 Å². The number of rotatable bonds is 4. The molecular formula is C23H26N4O2. The van der Waals surface area contributed by atoms with Crippen LogP contribution in [0, 0.1) is 6.92 Å². The lowest BCUT2D eigenvalue weighted by Gasteiger charge is -2.41. The smallest absolute Gasteiger partial charge is 0.272 e. The van der Waals surface area contributed by atoms with E-state index in [1.165, 1.54) is 11.3 Å². The second kappa shape index (κ2) is 7.99. The van der Waals surface area contributed by atoms with Gasteiger partial charge in [-0.15, -0.1) is 0 Å². The van der Waals surface area contributed by atoms with Gasteiger partial charge in [0.15, 0.2) is 0 Å². The minimum absolute atomic E-state index is 0.0191. The summed E-state index contributed by atoms with van der Waals surface area (Å²) in [5.74, 6) is 0.716. The fraction of sp³-hybridized carbons (Fsp3) is 0.304. The molecule has 1 amide bonds. The average Bonchev–Trinajstić information content (AvgIpc) is 3.23. The first-order valence-corrected chi connectivity index (χ1v) is 9.88. The topological polar surface area (TPSA) is 61.5 Å². The summed E-state index contributed by atoms with van der Waals surface area (Å²) in [6, 6.07) is 18.2. The molecule has 0 aliphatic carbocycles. The Morgan fingerprint density at radius 2 is 1.97 bits per heavy atom. The maximum absolute atomic E-state index is 13.0. The number of para-hydroxylation sites is 1. The molecule has 0 spiro atoms. The van der Waals surface area contributed by atoms with Crippen molar-refractivity contribution in [1.82, 2.24) is 15.1 Å². The van der Waals surface area contributed by atoms with E-state index in [1.807, 2.05) is 29.2 Å². The maximum atomic E-state index is 13.0.